The van der Waals surface area contributed by atoms with Crippen LogP contribution < -0.4 is 16.0 Å². The highest BCUT2D eigenvalue weighted by Gasteiger charge is 2.11. The van der Waals surface area contributed by atoms with Gasteiger partial charge in [-0.15, -0.1) is 0 Å². The number of carboxylic acid groups (broad SMARTS) is 1. The van der Waals surface area contributed by atoms with Crippen molar-refractivity contribution in [3.8, 4) is 0 Å². The Kier molecular flexibility index (Phi) is 6.78. The number of nitrogens with one attached hydrogen (secondary N) is 3. The van der Waals surface area contributed by atoms with Gasteiger partial charge in [0.2, 0.25) is 0 Å². The molecule has 0 unspecified atom stereocenters. The zero-order chi connectivity index (χ0) is 18.9. The topological polar surface area (TPSA) is 121 Å². The third kappa shape index (κ3) is 5.66. The van der Waals surface area contributed by atoms with Gasteiger partial charge in [-0.25, -0.2) is 9.59 Å². The van der Waals surface area contributed by atoms with E-state index in [-0.39, 0.29) is 17.5 Å². The van der Waals surface area contributed by atoms with Crippen molar-refractivity contribution in [2.45, 2.75) is 19.9 Å². The molecule has 0 saturated heterocycles. The number of hydrogen-bond acceptors (Lipinski definition) is 4. The van der Waals surface area contributed by atoms with Crippen molar-refractivity contribution in [1.82, 2.24) is 16.0 Å². The Bertz CT molecular complexity index is 767. The molecular weight excluding hydrogens is 338 g/mol. The summed E-state index contributed by atoms with van der Waals surface area (Å²) in [5.41, 5.74) is 1.77. The molecule has 1 heterocycles. The van der Waals surface area contributed by atoms with Crippen molar-refractivity contribution >= 4 is 17.9 Å². The first-order chi connectivity index (χ1) is 12.5. The van der Waals surface area contributed by atoms with E-state index in [1.54, 1.807) is 25.1 Å². The molecule has 0 bridgehead atoms. The van der Waals surface area contributed by atoms with E-state index in [4.69, 9.17) is 9.52 Å². The van der Waals surface area contributed by atoms with Crippen LogP contribution in [0.4, 0.5) is 4.79 Å². The number of aryl methyl sites for hydroxylation is 1. The molecule has 8 heteroatoms. The first-order valence-electron chi connectivity index (χ1n) is 8.13. The van der Waals surface area contributed by atoms with Crippen molar-refractivity contribution in [3.63, 3.8) is 0 Å². The minimum atomic E-state index is -0.989. The van der Waals surface area contributed by atoms with Crippen LogP contribution in [0.2, 0.25) is 0 Å². The average molecular weight is 359 g/mol. The SMILES string of the molecule is Cc1ccoc1C(=O)NCCCNC(=O)NCc1ccc(C(=O)O)cc1. The second kappa shape index (κ2) is 9.26. The lowest BCUT2D eigenvalue weighted by atomic mass is 10.1. The minimum absolute atomic E-state index is 0.199. The van der Waals surface area contributed by atoms with Gasteiger partial charge < -0.3 is 25.5 Å². The maximum absolute atomic E-state index is 11.8. The van der Waals surface area contributed by atoms with Crippen LogP contribution in [0.3, 0.4) is 0 Å². The van der Waals surface area contributed by atoms with Crippen molar-refractivity contribution in [2.75, 3.05) is 13.1 Å². The number of carbonyl (C=O) groups excluding carboxylic acids is 2. The Morgan fingerprint density at radius 1 is 1.00 bits per heavy atom. The van der Waals surface area contributed by atoms with Crippen LogP contribution in [-0.4, -0.2) is 36.1 Å². The Hall–Kier alpha value is -3.29. The number of benzene rings is 1. The maximum Gasteiger partial charge on any atom is 0.335 e. The van der Waals surface area contributed by atoms with Gasteiger partial charge in [-0.3, -0.25) is 4.79 Å². The van der Waals surface area contributed by atoms with E-state index in [0.29, 0.717) is 31.8 Å². The number of rotatable bonds is 8. The summed E-state index contributed by atoms with van der Waals surface area (Å²) >= 11 is 0. The Morgan fingerprint density at radius 2 is 1.69 bits per heavy atom. The van der Waals surface area contributed by atoms with Crippen LogP contribution in [0.25, 0.3) is 0 Å². The van der Waals surface area contributed by atoms with Crippen molar-refractivity contribution in [3.05, 3.63) is 59.0 Å². The van der Waals surface area contributed by atoms with Gasteiger partial charge in [-0.05, 0) is 37.1 Å². The molecule has 0 radical (unpaired) electrons. The third-order valence-corrected chi connectivity index (χ3v) is 3.65. The molecule has 1 aromatic carbocycles. The third-order valence-electron chi connectivity index (χ3n) is 3.65. The van der Waals surface area contributed by atoms with Crippen LogP contribution in [0.1, 0.15) is 38.5 Å². The molecule has 0 aliphatic heterocycles. The molecule has 1 aromatic heterocycles. The Labute approximate surface area is 150 Å². The predicted octanol–water partition coefficient (Wildman–Crippen LogP) is 1.91. The quantitative estimate of drug-likeness (QED) is 0.537. The zero-order valence-electron chi connectivity index (χ0n) is 14.4. The second-order valence-electron chi connectivity index (χ2n) is 5.65. The Balaban J connectivity index is 1.59. The average Bonchev–Trinajstić information content (AvgIpc) is 3.06. The molecule has 4 N–H and O–H groups in total. The number of aromatic carboxylic acids is 1. The predicted molar refractivity (Wildman–Crippen MR) is 94.0 cm³/mol. The first kappa shape index (κ1) is 19.0. The van der Waals surface area contributed by atoms with E-state index < -0.39 is 5.97 Å². The summed E-state index contributed by atoms with van der Waals surface area (Å²) < 4.78 is 5.09. The molecule has 0 atom stereocenters. The van der Waals surface area contributed by atoms with E-state index in [9.17, 15) is 14.4 Å². The number of amides is 3. The number of urea groups is 1. The monoisotopic (exact) mass is 359 g/mol. The van der Waals surface area contributed by atoms with E-state index in [0.717, 1.165) is 11.1 Å². The summed E-state index contributed by atoms with van der Waals surface area (Å²) in [7, 11) is 0. The van der Waals surface area contributed by atoms with Crippen LogP contribution in [0, 0.1) is 6.92 Å². The number of hydrogen-bond donors (Lipinski definition) is 4. The largest absolute Gasteiger partial charge is 0.478 e. The summed E-state index contributed by atoms with van der Waals surface area (Å²) in [5, 5.41) is 16.9. The van der Waals surface area contributed by atoms with Crippen molar-refractivity contribution in [2.24, 2.45) is 0 Å². The fraction of sp³-hybridized carbons (Fsp3) is 0.278. The summed E-state index contributed by atoms with van der Waals surface area (Å²) in [6, 6.07) is 7.66. The molecule has 0 aliphatic carbocycles. The first-order valence-corrected chi connectivity index (χ1v) is 8.13. The molecule has 8 nitrogen and oxygen atoms in total. The van der Waals surface area contributed by atoms with E-state index >= 15 is 0 Å². The number of carboxylic acids is 1. The molecule has 2 rings (SSSR count). The van der Waals surface area contributed by atoms with Gasteiger partial charge >= 0.3 is 12.0 Å². The molecule has 0 aliphatic rings. The van der Waals surface area contributed by atoms with Crippen LogP contribution >= 0.6 is 0 Å². The molecule has 138 valence electrons. The van der Waals surface area contributed by atoms with Gasteiger partial charge in [0, 0.05) is 25.2 Å². The van der Waals surface area contributed by atoms with Gasteiger partial charge in [0.25, 0.3) is 5.91 Å². The molecule has 0 saturated carbocycles. The molecular formula is C18H21N3O5. The van der Waals surface area contributed by atoms with Crippen LogP contribution in [0.5, 0.6) is 0 Å². The van der Waals surface area contributed by atoms with Crippen molar-refractivity contribution < 1.29 is 23.9 Å². The normalized spacial score (nSPS) is 10.2. The molecule has 3 amide bonds. The summed E-state index contributed by atoms with van der Waals surface area (Å²) in [4.78, 5) is 34.3. The van der Waals surface area contributed by atoms with Crippen LogP contribution in [-0.2, 0) is 6.54 Å². The van der Waals surface area contributed by atoms with Crippen LogP contribution in [0.15, 0.2) is 41.0 Å². The van der Waals surface area contributed by atoms with Gasteiger partial charge in [0.1, 0.15) is 0 Å². The lowest BCUT2D eigenvalue weighted by Crippen LogP contribution is -2.36. The van der Waals surface area contributed by atoms with E-state index in [1.807, 2.05) is 0 Å². The summed E-state index contributed by atoms with van der Waals surface area (Å²) in [6.45, 7) is 2.90. The minimum Gasteiger partial charge on any atom is -0.478 e. The smallest absolute Gasteiger partial charge is 0.335 e. The fourth-order valence-electron chi connectivity index (χ4n) is 2.19. The highest BCUT2D eigenvalue weighted by atomic mass is 16.4. The molecule has 26 heavy (non-hydrogen) atoms. The van der Waals surface area contributed by atoms with Gasteiger partial charge in [-0.2, -0.15) is 0 Å². The zero-order valence-corrected chi connectivity index (χ0v) is 14.4. The van der Waals surface area contributed by atoms with E-state index in [2.05, 4.69) is 16.0 Å². The Morgan fingerprint density at radius 3 is 2.31 bits per heavy atom. The fourth-order valence-corrected chi connectivity index (χ4v) is 2.19. The standard InChI is InChI=1S/C18H21N3O5/c1-12-7-10-26-15(12)16(22)19-8-2-9-20-18(25)21-11-13-3-5-14(6-4-13)17(23)24/h3-7,10H,2,8-9,11H2,1H3,(H,19,22)(H,23,24)(H2,20,21,25). The number of carbonyl (C=O) groups is 3. The van der Waals surface area contributed by atoms with Crippen molar-refractivity contribution in [1.29, 1.82) is 0 Å². The van der Waals surface area contributed by atoms with Gasteiger partial charge in [0.05, 0.1) is 11.8 Å². The van der Waals surface area contributed by atoms with Gasteiger partial charge in [0.15, 0.2) is 5.76 Å². The van der Waals surface area contributed by atoms with Gasteiger partial charge in [-0.1, -0.05) is 12.1 Å². The van der Waals surface area contributed by atoms with E-state index in [1.165, 1.54) is 18.4 Å². The molecule has 0 spiro atoms. The highest BCUT2D eigenvalue weighted by molar-refractivity contribution is 5.92. The lowest BCUT2D eigenvalue weighted by molar-refractivity contribution is 0.0696. The second-order valence-corrected chi connectivity index (χ2v) is 5.65. The lowest BCUT2D eigenvalue weighted by Gasteiger charge is -2.08. The number of furan rings is 1. The summed E-state index contributed by atoms with van der Waals surface area (Å²) in [5.74, 6) is -0.970. The summed E-state index contributed by atoms with van der Waals surface area (Å²) in [6.07, 6.45) is 2.04. The molecule has 0 fully saturated rings. The highest BCUT2D eigenvalue weighted by Crippen LogP contribution is 2.07. The molecule has 2 aromatic rings. The maximum atomic E-state index is 11.8.